The van der Waals surface area contributed by atoms with E-state index in [1.807, 2.05) is 0 Å². The molecule has 0 amide bonds. The smallest absolute Gasteiger partial charge is 0.462 e. The van der Waals surface area contributed by atoms with Crippen molar-refractivity contribution in [1.29, 1.82) is 0 Å². The van der Waals surface area contributed by atoms with Gasteiger partial charge in [0, 0.05) is 25.7 Å². The van der Waals surface area contributed by atoms with Gasteiger partial charge in [0.05, 0.1) is 26.4 Å². The van der Waals surface area contributed by atoms with Gasteiger partial charge in [-0.05, 0) is 31.6 Å². The summed E-state index contributed by atoms with van der Waals surface area (Å²) in [6.07, 6.45) is 84.9. The van der Waals surface area contributed by atoms with Crippen LogP contribution in [0.25, 0.3) is 0 Å². The SMILES string of the molecule is CCCCCCCCCCCCCCCCCCCCCCCCC(=O)O[C@H](COC(=O)CCCCCCCCCCCCCCCCCCCCC(C)C)COP(=O)(O)OC[C@@H](O)COP(=O)(O)OC[C@@H](COC(=O)CCCCCCCCCCCCC)OC(=O)CCCCCCCCCCCCCCCCCCCCCC. The highest BCUT2D eigenvalue weighted by atomic mass is 31.2. The molecular formula is C95H186O17P2. The second-order valence-corrected chi connectivity index (χ2v) is 37.5. The minimum Gasteiger partial charge on any atom is -0.462 e. The number of aliphatic hydroxyl groups is 1. The molecule has 3 N–H and O–H groups in total. The van der Waals surface area contributed by atoms with E-state index in [0.717, 1.165) is 95.8 Å². The molecule has 678 valence electrons. The normalized spacial score (nSPS) is 13.6. The number of aliphatic hydroxyl groups excluding tert-OH is 1. The number of ether oxygens (including phenoxy) is 4. The highest BCUT2D eigenvalue weighted by Crippen LogP contribution is 2.45. The van der Waals surface area contributed by atoms with Gasteiger partial charge in [-0.15, -0.1) is 0 Å². The van der Waals surface area contributed by atoms with Gasteiger partial charge in [0.15, 0.2) is 12.2 Å². The number of unbranched alkanes of at least 4 members (excludes halogenated alkanes) is 67. The summed E-state index contributed by atoms with van der Waals surface area (Å²) < 4.78 is 69.2. The lowest BCUT2D eigenvalue weighted by atomic mass is 10.0. The third-order valence-corrected chi connectivity index (χ3v) is 24.4. The van der Waals surface area contributed by atoms with Crippen LogP contribution in [0.3, 0.4) is 0 Å². The van der Waals surface area contributed by atoms with Crippen molar-refractivity contribution < 1.29 is 80.2 Å². The summed E-state index contributed by atoms with van der Waals surface area (Å²) in [7, 11) is -9.94. The maximum atomic E-state index is 13.2. The molecule has 0 saturated carbocycles. The lowest BCUT2D eigenvalue weighted by Crippen LogP contribution is -2.30. The third-order valence-electron chi connectivity index (χ3n) is 22.5. The van der Waals surface area contributed by atoms with E-state index in [2.05, 4.69) is 34.6 Å². The quantitative estimate of drug-likeness (QED) is 0.0222. The van der Waals surface area contributed by atoms with Gasteiger partial charge in [0.25, 0.3) is 0 Å². The molecule has 0 heterocycles. The van der Waals surface area contributed by atoms with Gasteiger partial charge < -0.3 is 33.8 Å². The van der Waals surface area contributed by atoms with E-state index in [-0.39, 0.29) is 25.7 Å². The number of phosphoric acid groups is 2. The molecule has 0 aromatic carbocycles. The molecule has 2 unspecified atom stereocenters. The first-order chi connectivity index (χ1) is 55.5. The standard InChI is InChI=1S/C95H186O17P2/c1-6-9-12-15-18-21-24-26-28-30-32-34-35-37-43-47-51-56-61-66-71-76-81-95(100)112-91(85-106-93(98)79-74-69-64-59-54-49-45-41-39-38-40-44-48-53-57-62-67-72-77-88(4)5)87-110-114(103,104)108-83-89(96)82-107-113(101,102)109-86-90(84-105-92(97)78-73-68-63-58-52-23-20-17-14-11-8-3)111-94(99)80-75-70-65-60-55-50-46-42-36-33-31-29-27-25-22-19-16-13-10-7-2/h88-91,96H,6-87H2,1-5H3,(H,101,102)(H,103,104)/t89-,90+,91+/m0/s1. The number of rotatable bonds is 95. The second-order valence-electron chi connectivity index (χ2n) is 34.6. The van der Waals surface area contributed by atoms with Gasteiger partial charge >= 0.3 is 39.5 Å². The summed E-state index contributed by atoms with van der Waals surface area (Å²) in [5, 5.41) is 10.7. The van der Waals surface area contributed by atoms with E-state index >= 15 is 0 Å². The molecule has 0 fully saturated rings. The van der Waals surface area contributed by atoms with Crippen molar-refractivity contribution in [1.82, 2.24) is 0 Å². The Bertz CT molecular complexity index is 2150. The first-order valence-corrected chi connectivity index (χ1v) is 52.1. The van der Waals surface area contributed by atoms with Crippen LogP contribution >= 0.6 is 15.6 Å². The Hall–Kier alpha value is -1.94. The monoisotopic (exact) mass is 1660 g/mol. The van der Waals surface area contributed by atoms with E-state index in [9.17, 15) is 43.2 Å². The fourth-order valence-electron chi connectivity index (χ4n) is 15.1. The van der Waals surface area contributed by atoms with Crippen molar-refractivity contribution >= 4 is 39.5 Å². The predicted octanol–water partition coefficient (Wildman–Crippen LogP) is 29.9. The molecule has 5 atom stereocenters. The Kier molecular flexibility index (Phi) is 85.9. The number of hydrogen-bond acceptors (Lipinski definition) is 15. The number of esters is 4. The average Bonchev–Trinajstić information content (AvgIpc) is 0.895. The summed E-state index contributed by atoms with van der Waals surface area (Å²) in [5.41, 5.74) is 0. The van der Waals surface area contributed by atoms with Crippen molar-refractivity contribution in [2.24, 2.45) is 5.92 Å². The Balaban J connectivity index is 5.22. The van der Waals surface area contributed by atoms with E-state index in [1.165, 1.54) is 347 Å². The zero-order valence-electron chi connectivity index (χ0n) is 75.2. The maximum Gasteiger partial charge on any atom is 0.472 e. The average molecular weight is 1660 g/mol. The molecule has 17 nitrogen and oxygen atoms in total. The van der Waals surface area contributed by atoms with Crippen molar-refractivity contribution in [3.63, 3.8) is 0 Å². The van der Waals surface area contributed by atoms with Gasteiger partial charge in [-0.25, -0.2) is 9.13 Å². The number of phosphoric ester groups is 2. The largest absolute Gasteiger partial charge is 0.472 e. The fraction of sp³-hybridized carbons (Fsp3) is 0.958. The molecule has 19 heteroatoms. The lowest BCUT2D eigenvalue weighted by Gasteiger charge is -2.21. The van der Waals surface area contributed by atoms with Gasteiger partial charge in [0.1, 0.15) is 19.3 Å². The molecule has 0 aliphatic heterocycles. The third kappa shape index (κ3) is 87.9. The number of carbonyl (C=O) groups is 4. The van der Waals surface area contributed by atoms with Crippen LogP contribution in [-0.4, -0.2) is 96.7 Å². The molecule has 0 aliphatic carbocycles. The molecule has 0 aromatic heterocycles. The highest BCUT2D eigenvalue weighted by molar-refractivity contribution is 7.47. The van der Waals surface area contributed by atoms with E-state index in [1.54, 1.807) is 0 Å². The second kappa shape index (κ2) is 87.4. The Labute approximate surface area is 702 Å². The summed E-state index contributed by atoms with van der Waals surface area (Å²) in [5.74, 6) is -1.27. The molecule has 0 bridgehead atoms. The lowest BCUT2D eigenvalue weighted by molar-refractivity contribution is -0.161. The summed E-state index contributed by atoms with van der Waals surface area (Å²) in [6.45, 7) is 7.45. The summed E-state index contributed by atoms with van der Waals surface area (Å²) in [4.78, 5) is 73.5. The van der Waals surface area contributed by atoms with Crippen LogP contribution in [0.1, 0.15) is 523 Å². The number of hydrogen-bond donors (Lipinski definition) is 3. The summed E-state index contributed by atoms with van der Waals surface area (Å²) in [6, 6.07) is 0. The van der Waals surface area contributed by atoms with Crippen LogP contribution in [-0.2, 0) is 65.4 Å². The van der Waals surface area contributed by atoms with Crippen LogP contribution in [0.4, 0.5) is 0 Å². The molecule has 0 aromatic rings. The van der Waals surface area contributed by atoms with E-state index in [0.29, 0.717) is 25.7 Å². The van der Waals surface area contributed by atoms with Crippen LogP contribution in [0.15, 0.2) is 0 Å². The highest BCUT2D eigenvalue weighted by Gasteiger charge is 2.31. The fourth-order valence-corrected chi connectivity index (χ4v) is 16.6. The topological polar surface area (TPSA) is 237 Å². The predicted molar refractivity (Wildman–Crippen MR) is 474 cm³/mol. The van der Waals surface area contributed by atoms with E-state index < -0.39 is 97.5 Å². The Morgan fingerprint density at radius 1 is 0.237 bits per heavy atom. The zero-order chi connectivity index (χ0) is 83.3. The van der Waals surface area contributed by atoms with Crippen molar-refractivity contribution in [3.8, 4) is 0 Å². The maximum absolute atomic E-state index is 13.2. The van der Waals surface area contributed by atoms with Gasteiger partial charge in [-0.2, -0.15) is 0 Å². The van der Waals surface area contributed by atoms with Crippen molar-refractivity contribution in [2.45, 2.75) is 541 Å². The Morgan fingerprint density at radius 3 is 0.596 bits per heavy atom. The molecule has 0 radical (unpaired) electrons. The first-order valence-electron chi connectivity index (χ1n) is 49.1. The van der Waals surface area contributed by atoms with Gasteiger partial charge in [0.2, 0.25) is 0 Å². The summed E-state index contributed by atoms with van der Waals surface area (Å²) >= 11 is 0. The van der Waals surface area contributed by atoms with Crippen LogP contribution < -0.4 is 0 Å². The molecule has 0 aliphatic rings. The molecule has 0 rings (SSSR count). The van der Waals surface area contributed by atoms with Gasteiger partial charge in [-0.1, -0.05) is 471 Å². The zero-order valence-corrected chi connectivity index (χ0v) is 77.0. The van der Waals surface area contributed by atoms with Crippen LogP contribution in [0.5, 0.6) is 0 Å². The van der Waals surface area contributed by atoms with Crippen LogP contribution in [0.2, 0.25) is 0 Å². The minimum absolute atomic E-state index is 0.110. The van der Waals surface area contributed by atoms with Crippen molar-refractivity contribution in [2.75, 3.05) is 39.6 Å². The van der Waals surface area contributed by atoms with Crippen LogP contribution in [0, 0.1) is 5.92 Å². The number of carbonyl (C=O) groups excluding carboxylic acids is 4. The van der Waals surface area contributed by atoms with E-state index in [4.69, 9.17) is 37.0 Å². The molecular weight excluding hydrogens is 1470 g/mol. The van der Waals surface area contributed by atoms with Crippen molar-refractivity contribution in [3.05, 3.63) is 0 Å². The molecule has 0 spiro atoms. The minimum atomic E-state index is -4.97. The molecule has 114 heavy (non-hydrogen) atoms. The Morgan fingerprint density at radius 2 is 0.404 bits per heavy atom. The first kappa shape index (κ1) is 112. The molecule has 0 saturated heterocycles. The van der Waals surface area contributed by atoms with Gasteiger partial charge in [-0.3, -0.25) is 37.3 Å².